The summed E-state index contributed by atoms with van der Waals surface area (Å²) in [4.78, 5) is 23.3. The lowest BCUT2D eigenvalue weighted by molar-refractivity contribution is -0.114. The fourth-order valence-corrected chi connectivity index (χ4v) is 3.08. The molecule has 0 aliphatic rings. The number of thioether (sulfide) groups is 1. The van der Waals surface area contributed by atoms with Crippen LogP contribution in [0.2, 0.25) is 0 Å². The fraction of sp³-hybridized carbons (Fsp3) is 0.111. The molecule has 0 bridgehead atoms. The molecule has 0 atom stereocenters. The number of benzene rings is 2. The van der Waals surface area contributed by atoms with Gasteiger partial charge in [0.1, 0.15) is 18.0 Å². The summed E-state index contributed by atoms with van der Waals surface area (Å²) in [6, 6.07) is 9.84. The van der Waals surface area contributed by atoms with Crippen molar-refractivity contribution in [3.05, 3.63) is 60.4 Å². The Labute approximate surface area is 163 Å². The maximum absolute atomic E-state index is 13.6. The van der Waals surface area contributed by atoms with Crippen molar-refractivity contribution in [3.63, 3.8) is 0 Å². The molecule has 2 aromatic carbocycles. The second-order valence-corrected chi connectivity index (χ2v) is 6.62. The Balaban J connectivity index is 1.68. The highest BCUT2D eigenvalue weighted by Gasteiger charge is 2.13. The van der Waals surface area contributed by atoms with Crippen molar-refractivity contribution < 1.29 is 18.4 Å². The first-order valence-corrected chi connectivity index (χ1v) is 9.06. The van der Waals surface area contributed by atoms with Gasteiger partial charge in [0.15, 0.2) is 5.16 Å². The van der Waals surface area contributed by atoms with Crippen LogP contribution < -0.4 is 10.6 Å². The number of nitrogens with one attached hydrogen (secondary N) is 2. The fourth-order valence-electron chi connectivity index (χ4n) is 2.35. The van der Waals surface area contributed by atoms with Gasteiger partial charge in [-0.3, -0.25) is 14.2 Å². The third kappa shape index (κ3) is 4.92. The second-order valence-electron chi connectivity index (χ2n) is 5.68. The van der Waals surface area contributed by atoms with E-state index in [1.54, 1.807) is 28.8 Å². The average Bonchev–Trinajstić information content (AvgIpc) is 3.11. The molecule has 7 nitrogen and oxygen atoms in total. The number of aromatic nitrogens is 3. The third-order valence-corrected chi connectivity index (χ3v) is 4.44. The van der Waals surface area contributed by atoms with Crippen LogP contribution in [-0.4, -0.2) is 32.3 Å². The standard InChI is InChI=1S/C18H15F2N5O2S/c1-11(26)22-13-3-2-4-14(8-13)25-10-21-24-18(25)28-9-17(27)23-16-7-12(19)5-6-15(16)20/h2-8,10H,9H2,1H3,(H,22,26)(H,23,27). The quantitative estimate of drug-likeness (QED) is 0.617. The summed E-state index contributed by atoms with van der Waals surface area (Å²) in [6.45, 7) is 1.41. The Kier molecular flexibility index (Phi) is 5.99. The SMILES string of the molecule is CC(=O)Nc1cccc(-n2cnnc2SCC(=O)Nc2cc(F)ccc2F)c1. The minimum absolute atomic E-state index is 0.0833. The van der Waals surface area contributed by atoms with Crippen LogP contribution in [0.1, 0.15) is 6.92 Å². The van der Waals surface area contributed by atoms with Crippen molar-refractivity contribution in [1.82, 2.24) is 14.8 Å². The number of rotatable bonds is 6. The van der Waals surface area contributed by atoms with Crippen molar-refractivity contribution in [3.8, 4) is 5.69 Å². The molecule has 3 aromatic rings. The molecule has 28 heavy (non-hydrogen) atoms. The molecule has 1 aromatic heterocycles. The lowest BCUT2D eigenvalue weighted by Gasteiger charge is -2.09. The van der Waals surface area contributed by atoms with E-state index in [4.69, 9.17) is 0 Å². The number of hydrogen-bond donors (Lipinski definition) is 2. The number of halogens is 2. The van der Waals surface area contributed by atoms with Gasteiger partial charge in [-0.05, 0) is 30.3 Å². The van der Waals surface area contributed by atoms with Crippen LogP contribution in [0.3, 0.4) is 0 Å². The van der Waals surface area contributed by atoms with Crippen LogP contribution in [0.5, 0.6) is 0 Å². The molecule has 144 valence electrons. The third-order valence-electron chi connectivity index (χ3n) is 3.50. The van der Waals surface area contributed by atoms with Gasteiger partial charge in [-0.2, -0.15) is 0 Å². The Morgan fingerprint density at radius 2 is 1.96 bits per heavy atom. The smallest absolute Gasteiger partial charge is 0.234 e. The summed E-state index contributed by atoms with van der Waals surface area (Å²) in [6.07, 6.45) is 1.47. The predicted molar refractivity (Wildman–Crippen MR) is 101 cm³/mol. The maximum Gasteiger partial charge on any atom is 0.234 e. The van der Waals surface area contributed by atoms with E-state index in [9.17, 15) is 18.4 Å². The molecule has 10 heteroatoms. The summed E-state index contributed by atoms with van der Waals surface area (Å²) in [5.41, 5.74) is 1.07. The summed E-state index contributed by atoms with van der Waals surface area (Å²) >= 11 is 1.08. The molecular weight excluding hydrogens is 388 g/mol. The number of anilines is 2. The topological polar surface area (TPSA) is 88.9 Å². The highest BCUT2D eigenvalue weighted by molar-refractivity contribution is 7.99. The van der Waals surface area contributed by atoms with E-state index in [-0.39, 0.29) is 17.3 Å². The van der Waals surface area contributed by atoms with E-state index < -0.39 is 17.5 Å². The van der Waals surface area contributed by atoms with Crippen molar-refractivity contribution >= 4 is 35.0 Å². The Morgan fingerprint density at radius 3 is 2.75 bits per heavy atom. The molecule has 0 aliphatic heterocycles. The van der Waals surface area contributed by atoms with E-state index >= 15 is 0 Å². The average molecular weight is 403 g/mol. The van der Waals surface area contributed by atoms with Crippen molar-refractivity contribution in [2.45, 2.75) is 12.1 Å². The molecule has 1 heterocycles. The van der Waals surface area contributed by atoms with Crippen LogP contribution in [0, 0.1) is 11.6 Å². The molecule has 0 aliphatic carbocycles. The Hall–Kier alpha value is -3.27. The van der Waals surface area contributed by atoms with Crippen molar-refractivity contribution in [1.29, 1.82) is 0 Å². The summed E-state index contributed by atoms with van der Waals surface area (Å²) < 4.78 is 28.4. The highest BCUT2D eigenvalue weighted by atomic mass is 32.2. The molecule has 0 fully saturated rings. The van der Waals surface area contributed by atoms with Crippen LogP contribution in [0.4, 0.5) is 20.2 Å². The van der Waals surface area contributed by atoms with Gasteiger partial charge in [-0.25, -0.2) is 8.78 Å². The monoisotopic (exact) mass is 403 g/mol. The lowest BCUT2D eigenvalue weighted by atomic mass is 10.2. The van der Waals surface area contributed by atoms with Crippen LogP contribution in [0.15, 0.2) is 53.9 Å². The molecule has 0 unspecified atom stereocenters. The maximum atomic E-state index is 13.6. The molecule has 0 saturated carbocycles. The number of amides is 2. The second kappa shape index (κ2) is 8.61. The predicted octanol–water partition coefficient (Wildman–Crippen LogP) is 3.23. The Bertz CT molecular complexity index is 1020. The zero-order valence-electron chi connectivity index (χ0n) is 14.6. The number of hydrogen-bond acceptors (Lipinski definition) is 5. The molecule has 2 N–H and O–H groups in total. The van der Waals surface area contributed by atoms with Gasteiger partial charge in [-0.15, -0.1) is 10.2 Å². The zero-order valence-corrected chi connectivity index (χ0v) is 15.5. The van der Waals surface area contributed by atoms with Crippen LogP contribution in [0.25, 0.3) is 5.69 Å². The summed E-state index contributed by atoms with van der Waals surface area (Å²) in [7, 11) is 0. The molecule has 3 rings (SSSR count). The van der Waals surface area contributed by atoms with Crippen molar-refractivity contribution in [2.75, 3.05) is 16.4 Å². The first-order valence-electron chi connectivity index (χ1n) is 8.08. The molecule has 2 amide bonds. The zero-order chi connectivity index (χ0) is 20.1. The molecular formula is C18H15F2N5O2S. The van der Waals surface area contributed by atoms with Crippen molar-refractivity contribution in [2.24, 2.45) is 0 Å². The highest BCUT2D eigenvalue weighted by Crippen LogP contribution is 2.22. The van der Waals surface area contributed by atoms with Gasteiger partial charge in [0, 0.05) is 18.7 Å². The normalized spacial score (nSPS) is 10.5. The number of carbonyl (C=O) groups excluding carboxylic acids is 2. The van der Waals surface area contributed by atoms with E-state index in [1.807, 2.05) is 0 Å². The minimum Gasteiger partial charge on any atom is -0.326 e. The first-order chi connectivity index (χ1) is 13.4. The lowest BCUT2D eigenvalue weighted by Crippen LogP contribution is -2.15. The van der Waals surface area contributed by atoms with Gasteiger partial charge in [0.25, 0.3) is 0 Å². The van der Waals surface area contributed by atoms with Crippen LogP contribution in [-0.2, 0) is 9.59 Å². The van der Waals surface area contributed by atoms with E-state index in [1.165, 1.54) is 13.3 Å². The number of carbonyl (C=O) groups is 2. The minimum atomic E-state index is -0.724. The van der Waals surface area contributed by atoms with Gasteiger partial charge in [-0.1, -0.05) is 17.8 Å². The summed E-state index contributed by atoms with van der Waals surface area (Å²) in [5.74, 6) is -2.17. The summed E-state index contributed by atoms with van der Waals surface area (Å²) in [5, 5.41) is 13.2. The Morgan fingerprint density at radius 1 is 1.14 bits per heavy atom. The number of nitrogens with zero attached hydrogens (tertiary/aromatic N) is 3. The molecule has 0 radical (unpaired) electrons. The first kappa shape index (κ1) is 19.5. The largest absolute Gasteiger partial charge is 0.326 e. The van der Waals surface area contributed by atoms with Gasteiger partial charge in [0.05, 0.1) is 17.1 Å². The van der Waals surface area contributed by atoms with E-state index in [0.29, 0.717) is 16.5 Å². The van der Waals surface area contributed by atoms with Gasteiger partial charge >= 0.3 is 0 Å². The molecule has 0 saturated heterocycles. The van der Waals surface area contributed by atoms with Crippen LogP contribution >= 0.6 is 11.8 Å². The van der Waals surface area contributed by atoms with Gasteiger partial charge in [0.2, 0.25) is 11.8 Å². The van der Waals surface area contributed by atoms with E-state index in [2.05, 4.69) is 20.8 Å². The van der Waals surface area contributed by atoms with E-state index in [0.717, 1.165) is 30.0 Å². The van der Waals surface area contributed by atoms with Gasteiger partial charge < -0.3 is 10.6 Å². The molecule has 0 spiro atoms.